The van der Waals surface area contributed by atoms with Gasteiger partial charge in [0.2, 0.25) is 0 Å². The molecule has 0 radical (unpaired) electrons. The molecule has 0 aliphatic carbocycles. The van der Waals surface area contributed by atoms with E-state index in [2.05, 4.69) is 4.90 Å². The van der Waals surface area contributed by atoms with E-state index in [1.165, 1.54) is 6.92 Å². The van der Waals surface area contributed by atoms with Gasteiger partial charge in [-0.3, -0.25) is 4.90 Å². The smallest absolute Gasteiger partial charge is 0.338 e. The molecular weight excluding hydrogens is 310 g/mol. The van der Waals surface area contributed by atoms with Gasteiger partial charge in [-0.1, -0.05) is 19.1 Å². The first-order chi connectivity index (χ1) is 11.3. The fourth-order valence-corrected chi connectivity index (χ4v) is 3.68. The summed E-state index contributed by atoms with van der Waals surface area (Å²) in [5.74, 6) is -1.46. The zero-order valence-electron chi connectivity index (χ0n) is 14.4. The van der Waals surface area contributed by atoms with Crippen molar-refractivity contribution in [1.29, 1.82) is 0 Å². The van der Waals surface area contributed by atoms with Crippen LogP contribution in [0.1, 0.15) is 33.6 Å². The molecule has 6 nitrogen and oxygen atoms in total. The predicted octanol–water partition coefficient (Wildman–Crippen LogP) is 1.19. The Hall–Kier alpha value is -1.66. The van der Waals surface area contributed by atoms with E-state index in [9.17, 15) is 14.7 Å². The summed E-state index contributed by atoms with van der Waals surface area (Å²) < 4.78 is 11.2. The van der Waals surface area contributed by atoms with Gasteiger partial charge in [0.05, 0.1) is 6.04 Å². The van der Waals surface area contributed by atoms with Crippen molar-refractivity contribution in [3.8, 4) is 0 Å². The fourth-order valence-electron chi connectivity index (χ4n) is 3.68. The standard InChI is InChI=1S/C18H25NO5/c1-4-12-9-11(2)18(3,22)17(21)23-10-13-5-7-19-8-6-14(15(13)19)24-16(12)20/h4-5,11,14-15,22H,6-10H2,1-3H3/b12-4-/t11?,14-,15?,18-/m1/s1. The normalized spacial score (nSPS) is 39.6. The van der Waals surface area contributed by atoms with Gasteiger partial charge in [-0.15, -0.1) is 0 Å². The summed E-state index contributed by atoms with van der Waals surface area (Å²) in [4.78, 5) is 27.1. The van der Waals surface area contributed by atoms with Gasteiger partial charge in [0, 0.05) is 18.7 Å². The summed E-state index contributed by atoms with van der Waals surface area (Å²) in [6.07, 6.45) is 4.56. The molecule has 0 aromatic carbocycles. The first-order valence-electron chi connectivity index (χ1n) is 8.53. The van der Waals surface area contributed by atoms with Crippen LogP contribution in [-0.4, -0.2) is 59.4 Å². The van der Waals surface area contributed by atoms with Gasteiger partial charge >= 0.3 is 11.9 Å². The quantitative estimate of drug-likeness (QED) is 0.407. The number of ether oxygens (including phenoxy) is 2. The summed E-state index contributed by atoms with van der Waals surface area (Å²) in [6.45, 7) is 6.71. The minimum absolute atomic E-state index is 0.0262. The molecule has 3 aliphatic rings. The van der Waals surface area contributed by atoms with E-state index in [0.29, 0.717) is 5.57 Å². The van der Waals surface area contributed by atoms with E-state index in [4.69, 9.17) is 9.47 Å². The third kappa shape index (κ3) is 2.89. The maximum atomic E-state index is 12.5. The van der Waals surface area contributed by atoms with E-state index in [1.54, 1.807) is 19.9 Å². The van der Waals surface area contributed by atoms with Crippen LogP contribution in [0.3, 0.4) is 0 Å². The predicted molar refractivity (Wildman–Crippen MR) is 87.1 cm³/mol. The fraction of sp³-hybridized carbons (Fsp3) is 0.667. The van der Waals surface area contributed by atoms with Crippen LogP contribution < -0.4 is 0 Å². The molecule has 0 spiro atoms. The van der Waals surface area contributed by atoms with Crippen molar-refractivity contribution >= 4 is 11.9 Å². The summed E-state index contributed by atoms with van der Waals surface area (Å²) in [5.41, 5.74) is -0.218. The van der Waals surface area contributed by atoms with Crippen LogP contribution in [0.5, 0.6) is 0 Å². The number of esters is 2. The molecule has 2 fully saturated rings. The van der Waals surface area contributed by atoms with Crippen LogP contribution in [0, 0.1) is 5.92 Å². The van der Waals surface area contributed by atoms with Crippen molar-refractivity contribution < 1.29 is 24.2 Å². The Morgan fingerprint density at radius 3 is 2.88 bits per heavy atom. The van der Waals surface area contributed by atoms with Crippen LogP contribution in [-0.2, 0) is 19.1 Å². The minimum Gasteiger partial charge on any atom is -0.459 e. The molecule has 6 heteroatoms. The average Bonchev–Trinajstić information content (AvgIpc) is 3.12. The Kier molecular flexibility index (Phi) is 4.53. The lowest BCUT2D eigenvalue weighted by Crippen LogP contribution is -2.45. The second-order valence-electron chi connectivity index (χ2n) is 7.09. The molecule has 2 unspecified atom stereocenters. The highest BCUT2D eigenvalue weighted by Crippen LogP contribution is 2.34. The zero-order chi connectivity index (χ0) is 17.5. The van der Waals surface area contributed by atoms with Gasteiger partial charge in [-0.25, -0.2) is 9.59 Å². The van der Waals surface area contributed by atoms with Crippen LogP contribution in [0.2, 0.25) is 0 Å². The second-order valence-corrected chi connectivity index (χ2v) is 7.09. The molecule has 3 aliphatic heterocycles. The number of hydrogen-bond acceptors (Lipinski definition) is 6. The van der Waals surface area contributed by atoms with Crippen molar-refractivity contribution in [2.75, 3.05) is 19.7 Å². The molecule has 24 heavy (non-hydrogen) atoms. The lowest BCUT2D eigenvalue weighted by atomic mass is 9.85. The van der Waals surface area contributed by atoms with Gasteiger partial charge in [0.1, 0.15) is 12.7 Å². The molecule has 0 aromatic rings. The molecule has 2 saturated heterocycles. The largest absolute Gasteiger partial charge is 0.459 e. The van der Waals surface area contributed by atoms with E-state index < -0.39 is 17.5 Å². The van der Waals surface area contributed by atoms with Gasteiger partial charge in [0.15, 0.2) is 5.60 Å². The number of rotatable bonds is 0. The molecule has 3 heterocycles. The van der Waals surface area contributed by atoms with Crippen LogP contribution >= 0.6 is 0 Å². The van der Waals surface area contributed by atoms with Crippen molar-refractivity contribution in [2.45, 2.75) is 51.4 Å². The number of allylic oxidation sites excluding steroid dienone is 1. The molecule has 3 rings (SSSR count). The molecule has 0 saturated carbocycles. The van der Waals surface area contributed by atoms with Crippen LogP contribution in [0.4, 0.5) is 0 Å². The molecule has 1 N–H and O–H groups in total. The average molecular weight is 335 g/mol. The Morgan fingerprint density at radius 2 is 2.17 bits per heavy atom. The van der Waals surface area contributed by atoms with Gasteiger partial charge in [-0.2, -0.15) is 0 Å². The monoisotopic (exact) mass is 335 g/mol. The summed E-state index contributed by atoms with van der Waals surface area (Å²) in [6, 6.07) is -0.0262. The highest BCUT2D eigenvalue weighted by atomic mass is 16.6. The summed E-state index contributed by atoms with van der Waals surface area (Å²) in [7, 11) is 0. The lowest BCUT2D eigenvalue weighted by Gasteiger charge is -2.31. The zero-order valence-corrected chi connectivity index (χ0v) is 14.4. The van der Waals surface area contributed by atoms with E-state index >= 15 is 0 Å². The van der Waals surface area contributed by atoms with Crippen molar-refractivity contribution in [3.05, 3.63) is 23.3 Å². The lowest BCUT2D eigenvalue weighted by molar-refractivity contribution is -0.169. The van der Waals surface area contributed by atoms with Gasteiger partial charge in [-0.05, 0) is 38.2 Å². The van der Waals surface area contributed by atoms with Crippen LogP contribution in [0.15, 0.2) is 23.3 Å². The Bertz CT molecular complexity index is 607. The van der Waals surface area contributed by atoms with Crippen molar-refractivity contribution in [2.24, 2.45) is 5.92 Å². The molecule has 0 aromatic heterocycles. The number of hydrogen-bond donors (Lipinski definition) is 1. The van der Waals surface area contributed by atoms with E-state index in [-0.39, 0.29) is 31.1 Å². The molecule has 0 bridgehead atoms. The maximum absolute atomic E-state index is 12.5. The highest BCUT2D eigenvalue weighted by Gasteiger charge is 2.45. The topological polar surface area (TPSA) is 76.1 Å². The summed E-state index contributed by atoms with van der Waals surface area (Å²) >= 11 is 0. The van der Waals surface area contributed by atoms with E-state index in [1.807, 2.05) is 6.08 Å². The first kappa shape index (κ1) is 17.2. The number of aliphatic hydroxyl groups is 1. The third-order valence-electron chi connectivity index (χ3n) is 5.55. The minimum atomic E-state index is -1.65. The second kappa shape index (κ2) is 6.33. The summed E-state index contributed by atoms with van der Waals surface area (Å²) in [5, 5.41) is 10.6. The molecular formula is C18H25NO5. The number of carbonyl (C=O) groups is 2. The Labute approximate surface area is 142 Å². The highest BCUT2D eigenvalue weighted by molar-refractivity contribution is 5.89. The van der Waals surface area contributed by atoms with Crippen molar-refractivity contribution in [3.63, 3.8) is 0 Å². The number of cyclic esters (lactones) is 1. The molecule has 0 amide bonds. The van der Waals surface area contributed by atoms with Gasteiger partial charge < -0.3 is 14.6 Å². The Balaban J connectivity index is 1.91. The Morgan fingerprint density at radius 1 is 1.42 bits per heavy atom. The third-order valence-corrected chi connectivity index (χ3v) is 5.55. The first-order valence-corrected chi connectivity index (χ1v) is 8.53. The van der Waals surface area contributed by atoms with Gasteiger partial charge in [0.25, 0.3) is 0 Å². The number of nitrogens with zero attached hydrogens (tertiary/aromatic N) is 1. The maximum Gasteiger partial charge on any atom is 0.338 e. The van der Waals surface area contributed by atoms with Crippen LogP contribution in [0.25, 0.3) is 0 Å². The molecule has 4 atom stereocenters. The van der Waals surface area contributed by atoms with E-state index in [0.717, 1.165) is 25.1 Å². The number of carbonyl (C=O) groups excluding carboxylic acids is 2. The van der Waals surface area contributed by atoms with Crippen molar-refractivity contribution in [1.82, 2.24) is 4.90 Å². The molecule has 132 valence electrons. The SMILES string of the molecule is C/C=C1/CC(C)[C@@](C)(O)C(=O)OCC2=CCN3CC[C@@H](OC1=O)C23.